The van der Waals surface area contributed by atoms with Crippen molar-refractivity contribution in [1.82, 2.24) is 20.5 Å². The molecule has 0 aliphatic heterocycles. The van der Waals surface area contributed by atoms with Gasteiger partial charge in [-0.3, -0.25) is 9.89 Å². The van der Waals surface area contributed by atoms with Crippen LogP contribution in [0.25, 0.3) is 0 Å². The number of nitrogens with one attached hydrogen (secondary N) is 3. The lowest BCUT2D eigenvalue weighted by atomic mass is 10.1. The minimum atomic E-state index is -0.122. The van der Waals surface area contributed by atoms with Crippen LogP contribution in [0.2, 0.25) is 0 Å². The van der Waals surface area contributed by atoms with E-state index in [-0.39, 0.29) is 11.9 Å². The molecule has 0 saturated heterocycles. The highest BCUT2D eigenvalue weighted by Crippen LogP contribution is 2.13. The van der Waals surface area contributed by atoms with Crippen LogP contribution in [0.3, 0.4) is 0 Å². The first kappa shape index (κ1) is 14.0. The molecule has 0 aliphatic carbocycles. The van der Waals surface area contributed by atoms with E-state index in [2.05, 4.69) is 25.8 Å². The number of aromatic amines is 1. The maximum Gasteiger partial charge on any atom is 0.251 e. The molecule has 2 aromatic rings. The Morgan fingerprint density at radius 2 is 2.25 bits per heavy atom. The lowest BCUT2D eigenvalue weighted by molar-refractivity contribution is 0.0939. The van der Waals surface area contributed by atoms with Crippen molar-refractivity contribution in [2.75, 3.05) is 11.9 Å². The minimum absolute atomic E-state index is 0.0997. The molecule has 0 saturated carbocycles. The third kappa shape index (κ3) is 3.34. The zero-order valence-electron chi connectivity index (χ0n) is 11.9. The van der Waals surface area contributed by atoms with Gasteiger partial charge in [0.2, 0.25) is 0 Å². The quantitative estimate of drug-likeness (QED) is 0.778. The van der Waals surface area contributed by atoms with E-state index in [1.807, 2.05) is 20.8 Å². The number of aromatic nitrogens is 3. The summed E-state index contributed by atoms with van der Waals surface area (Å²) in [5.74, 6) is 0.594. The number of hydrogen-bond acceptors (Lipinski definition) is 4. The van der Waals surface area contributed by atoms with E-state index in [9.17, 15) is 4.79 Å². The number of hydrogen-bond donors (Lipinski definition) is 3. The predicted octanol–water partition coefficient (Wildman–Crippen LogP) is 2.04. The van der Waals surface area contributed by atoms with Gasteiger partial charge in [0.1, 0.15) is 5.82 Å². The molecule has 2 rings (SSSR count). The van der Waals surface area contributed by atoms with Gasteiger partial charge in [-0.15, -0.1) is 0 Å². The first-order valence-corrected chi connectivity index (χ1v) is 6.62. The molecule has 2 heterocycles. The maximum atomic E-state index is 12.3. The van der Waals surface area contributed by atoms with Crippen LogP contribution in [0.15, 0.2) is 24.5 Å². The Morgan fingerprint density at radius 3 is 2.90 bits per heavy atom. The lowest BCUT2D eigenvalue weighted by Crippen LogP contribution is -2.26. The van der Waals surface area contributed by atoms with E-state index >= 15 is 0 Å². The zero-order valence-corrected chi connectivity index (χ0v) is 11.9. The molecule has 0 aliphatic rings. The van der Waals surface area contributed by atoms with Crippen LogP contribution in [0.1, 0.15) is 41.5 Å². The lowest BCUT2D eigenvalue weighted by Gasteiger charge is -2.13. The van der Waals surface area contributed by atoms with Crippen molar-refractivity contribution >= 4 is 11.7 Å². The Labute approximate surface area is 118 Å². The van der Waals surface area contributed by atoms with Gasteiger partial charge in [0.25, 0.3) is 5.91 Å². The van der Waals surface area contributed by atoms with Crippen LogP contribution in [-0.2, 0) is 0 Å². The Morgan fingerprint density at radius 1 is 1.45 bits per heavy atom. The molecule has 0 spiro atoms. The third-order valence-corrected chi connectivity index (χ3v) is 2.94. The first-order valence-electron chi connectivity index (χ1n) is 6.62. The van der Waals surface area contributed by atoms with Gasteiger partial charge in [0, 0.05) is 29.6 Å². The van der Waals surface area contributed by atoms with Gasteiger partial charge in [-0.2, -0.15) is 5.10 Å². The molecule has 3 N–H and O–H groups in total. The number of pyridine rings is 1. The normalized spacial score (nSPS) is 11.9. The van der Waals surface area contributed by atoms with Crippen LogP contribution >= 0.6 is 0 Å². The minimum Gasteiger partial charge on any atom is -0.370 e. The summed E-state index contributed by atoms with van der Waals surface area (Å²) in [7, 11) is 0. The van der Waals surface area contributed by atoms with Crippen LogP contribution in [-0.4, -0.2) is 27.6 Å². The van der Waals surface area contributed by atoms with Gasteiger partial charge in [0.15, 0.2) is 0 Å². The molecular weight excluding hydrogens is 254 g/mol. The molecule has 1 atom stereocenters. The van der Waals surface area contributed by atoms with E-state index < -0.39 is 0 Å². The molecule has 0 aromatic carbocycles. The Kier molecular flexibility index (Phi) is 4.34. The number of nitrogens with zero attached hydrogens (tertiary/aromatic N) is 2. The maximum absolute atomic E-state index is 12.3. The summed E-state index contributed by atoms with van der Waals surface area (Å²) in [6, 6.07) is 3.43. The number of H-pyrrole nitrogens is 1. The van der Waals surface area contributed by atoms with Crippen molar-refractivity contribution in [3.8, 4) is 0 Å². The van der Waals surface area contributed by atoms with Crippen molar-refractivity contribution in [2.24, 2.45) is 0 Å². The zero-order chi connectivity index (χ0) is 14.5. The van der Waals surface area contributed by atoms with Gasteiger partial charge in [-0.1, -0.05) is 0 Å². The monoisotopic (exact) mass is 273 g/mol. The average molecular weight is 273 g/mol. The largest absolute Gasteiger partial charge is 0.370 e. The SMILES string of the molecule is CCNc1cc(C(=O)NC(C)c2cn[nH]c2)cc(C)n1. The number of aryl methyl sites for hydroxylation is 1. The van der Waals surface area contributed by atoms with Crippen LogP contribution in [0, 0.1) is 6.92 Å². The summed E-state index contributed by atoms with van der Waals surface area (Å²) in [5.41, 5.74) is 2.35. The Hall–Kier alpha value is -2.37. The fourth-order valence-electron chi connectivity index (χ4n) is 1.93. The van der Waals surface area contributed by atoms with Gasteiger partial charge in [-0.25, -0.2) is 4.98 Å². The molecule has 6 nitrogen and oxygen atoms in total. The molecular formula is C14H19N5O. The van der Waals surface area contributed by atoms with E-state index in [0.717, 1.165) is 17.8 Å². The summed E-state index contributed by atoms with van der Waals surface area (Å²) in [6.07, 6.45) is 3.47. The second-order valence-corrected chi connectivity index (χ2v) is 4.64. The van der Waals surface area contributed by atoms with Gasteiger partial charge >= 0.3 is 0 Å². The first-order chi connectivity index (χ1) is 9.60. The summed E-state index contributed by atoms with van der Waals surface area (Å²) >= 11 is 0. The molecule has 0 bridgehead atoms. The smallest absolute Gasteiger partial charge is 0.251 e. The van der Waals surface area contributed by atoms with Crippen LogP contribution < -0.4 is 10.6 Å². The number of carbonyl (C=O) groups excluding carboxylic acids is 1. The summed E-state index contributed by atoms with van der Waals surface area (Å²) in [6.45, 7) is 6.55. The number of anilines is 1. The van der Waals surface area contributed by atoms with E-state index in [0.29, 0.717) is 11.4 Å². The summed E-state index contributed by atoms with van der Waals surface area (Å²) in [5, 5.41) is 12.7. The van der Waals surface area contributed by atoms with Crippen molar-refractivity contribution in [3.63, 3.8) is 0 Å². The molecule has 1 unspecified atom stereocenters. The third-order valence-electron chi connectivity index (χ3n) is 2.94. The fraction of sp³-hybridized carbons (Fsp3) is 0.357. The molecule has 106 valence electrons. The second kappa shape index (κ2) is 6.18. The molecule has 2 aromatic heterocycles. The summed E-state index contributed by atoms with van der Waals surface area (Å²) < 4.78 is 0. The van der Waals surface area contributed by atoms with Crippen molar-refractivity contribution in [2.45, 2.75) is 26.8 Å². The van der Waals surface area contributed by atoms with Gasteiger partial charge < -0.3 is 10.6 Å². The molecule has 6 heteroatoms. The van der Waals surface area contributed by atoms with Crippen molar-refractivity contribution in [3.05, 3.63) is 41.3 Å². The Balaban J connectivity index is 2.12. The predicted molar refractivity (Wildman–Crippen MR) is 77.6 cm³/mol. The van der Waals surface area contributed by atoms with Crippen LogP contribution in [0.4, 0.5) is 5.82 Å². The molecule has 20 heavy (non-hydrogen) atoms. The van der Waals surface area contributed by atoms with E-state index in [1.54, 1.807) is 24.5 Å². The number of amides is 1. The Bertz CT molecular complexity index is 579. The van der Waals surface area contributed by atoms with Crippen LogP contribution in [0.5, 0.6) is 0 Å². The highest BCUT2D eigenvalue weighted by Gasteiger charge is 2.13. The second-order valence-electron chi connectivity index (χ2n) is 4.64. The molecule has 1 amide bonds. The van der Waals surface area contributed by atoms with Gasteiger partial charge in [0.05, 0.1) is 12.2 Å². The van der Waals surface area contributed by atoms with Crippen molar-refractivity contribution in [1.29, 1.82) is 0 Å². The van der Waals surface area contributed by atoms with Gasteiger partial charge in [-0.05, 0) is 32.9 Å². The average Bonchev–Trinajstić information content (AvgIpc) is 2.92. The molecule has 0 fully saturated rings. The summed E-state index contributed by atoms with van der Waals surface area (Å²) in [4.78, 5) is 16.6. The highest BCUT2D eigenvalue weighted by atomic mass is 16.1. The number of rotatable bonds is 5. The van der Waals surface area contributed by atoms with E-state index in [4.69, 9.17) is 0 Å². The van der Waals surface area contributed by atoms with E-state index in [1.165, 1.54) is 0 Å². The molecule has 0 radical (unpaired) electrons. The highest BCUT2D eigenvalue weighted by molar-refractivity contribution is 5.95. The van der Waals surface area contributed by atoms with Crippen molar-refractivity contribution < 1.29 is 4.79 Å². The standard InChI is InChI=1S/C14H19N5O/c1-4-15-13-6-11(5-9(2)18-13)14(20)19-10(3)12-7-16-17-8-12/h5-8,10H,4H2,1-3H3,(H,15,18)(H,16,17)(H,19,20). The number of carbonyl (C=O) groups is 1. The topological polar surface area (TPSA) is 82.7 Å². The fourth-order valence-corrected chi connectivity index (χ4v) is 1.93.